The van der Waals surface area contributed by atoms with E-state index in [4.69, 9.17) is 8.94 Å². The van der Waals surface area contributed by atoms with E-state index in [0.717, 1.165) is 62.9 Å². The number of nitrogens with zero attached hydrogens (tertiary/aromatic N) is 4. The zero-order chi connectivity index (χ0) is 15.4. The first kappa shape index (κ1) is 15.2. The van der Waals surface area contributed by atoms with Crippen molar-refractivity contribution in [3.8, 4) is 0 Å². The van der Waals surface area contributed by atoms with Crippen LogP contribution in [0.4, 0.5) is 0 Å². The Labute approximate surface area is 131 Å². The predicted octanol–water partition coefficient (Wildman–Crippen LogP) is 2.32. The van der Waals surface area contributed by atoms with Crippen molar-refractivity contribution < 1.29 is 8.94 Å². The number of piperidine rings is 1. The molecule has 120 valence electrons. The average Bonchev–Trinajstić information content (AvgIpc) is 3.19. The monoisotopic (exact) mass is 304 g/mol. The third-order valence-electron chi connectivity index (χ3n) is 4.34. The van der Waals surface area contributed by atoms with Gasteiger partial charge >= 0.3 is 0 Å². The van der Waals surface area contributed by atoms with Crippen LogP contribution in [0, 0.1) is 0 Å². The van der Waals surface area contributed by atoms with E-state index in [1.54, 1.807) is 6.26 Å². The topological polar surface area (TPSA) is 58.5 Å². The van der Waals surface area contributed by atoms with E-state index < -0.39 is 0 Å². The fourth-order valence-electron chi connectivity index (χ4n) is 2.99. The SMILES string of the molecule is CCc1nc(CN(C)C2CCN(Cc3ccco3)CC2)no1. The molecule has 3 heterocycles. The van der Waals surface area contributed by atoms with Crippen LogP contribution in [0.1, 0.15) is 37.2 Å². The molecule has 0 aromatic carbocycles. The summed E-state index contributed by atoms with van der Waals surface area (Å²) in [5, 5.41) is 4.04. The second-order valence-corrected chi connectivity index (χ2v) is 5.96. The minimum absolute atomic E-state index is 0.580. The Kier molecular flexibility index (Phi) is 4.90. The molecule has 0 spiro atoms. The van der Waals surface area contributed by atoms with E-state index in [0.29, 0.717) is 6.04 Å². The van der Waals surface area contributed by atoms with E-state index >= 15 is 0 Å². The van der Waals surface area contributed by atoms with Crippen molar-refractivity contribution in [3.63, 3.8) is 0 Å². The highest BCUT2D eigenvalue weighted by Gasteiger charge is 2.23. The van der Waals surface area contributed by atoms with Gasteiger partial charge < -0.3 is 8.94 Å². The number of aromatic nitrogens is 2. The summed E-state index contributed by atoms with van der Waals surface area (Å²) in [5.41, 5.74) is 0. The summed E-state index contributed by atoms with van der Waals surface area (Å²) in [7, 11) is 2.15. The van der Waals surface area contributed by atoms with Crippen LogP contribution >= 0.6 is 0 Å². The summed E-state index contributed by atoms with van der Waals surface area (Å²) in [6.07, 6.45) is 4.86. The number of furan rings is 1. The fourth-order valence-corrected chi connectivity index (χ4v) is 2.99. The summed E-state index contributed by atoms with van der Waals surface area (Å²) in [4.78, 5) is 9.18. The van der Waals surface area contributed by atoms with Gasteiger partial charge in [-0.2, -0.15) is 4.98 Å². The summed E-state index contributed by atoms with van der Waals surface area (Å²) in [5.74, 6) is 2.56. The molecule has 2 aromatic rings. The molecule has 0 saturated carbocycles. The fraction of sp³-hybridized carbons (Fsp3) is 0.625. The summed E-state index contributed by atoms with van der Waals surface area (Å²) < 4.78 is 10.6. The number of rotatable bonds is 6. The Morgan fingerprint density at radius 1 is 1.36 bits per heavy atom. The highest BCUT2D eigenvalue weighted by Crippen LogP contribution is 2.18. The molecule has 1 fully saturated rings. The zero-order valence-corrected chi connectivity index (χ0v) is 13.4. The molecule has 0 unspecified atom stereocenters. The van der Waals surface area contributed by atoms with Crippen molar-refractivity contribution in [2.75, 3.05) is 20.1 Å². The standard InChI is InChI=1S/C16H24N4O2/c1-3-16-17-15(18-22-16)12-19(2)13-6-8-20(9-7-13)11-14-5-4-10-21-14/h4-5,10,13H,3,6-9,11-12H2,1-2H3. The van der Waals surface area contributed by atoms with Gasteiger partial charge in [-0.25, -0.2) is 0 Å². The molecule has 1 aliphatic heterocycles. The largest absolute Gasteiger partial charge is 0.468 e. The first-order valence-corrected chi connectivity index (χ1v) is 8.01. The second-order valence-electron chi connectivity index (χ2n) is 5.96. The van der Waals surface area contributed by atoms with Crippen LogP contribution in [-0.4, -0.2) is 46.1 Å². The molecule has 0 amide bonds. The van der Waals surface area contributed by atoms with Crippen LogP contribution in [-0.2, 0) is 19.5 Å². The quantitative estimate of drug-likeness (QED) is 0.816. The third kappa shape index (κ3) is 3.75. The van der Waals surface area contributed by atoms with Gasteiger partial charge in [0.25, 0.3) is 0 Å². The maximum atomic E-state index is 5.42. The maximum Gasteiger partial charge on any atom is 0.226 e. The smallest absolute Gasteiger partial charge is 0.226 e. The molecular weight excluding hydrogens is 280 g/mol. The lowest BCUT2D eigenvalue weighted by Gasteiger charge is -2.35. The first-order valence-electron chi connectivity index (χ1n) is 8.01. The van der Waals surface area contributed by atoms with Crippen molar-refractivity contribution in [3.05, 3.63) is 35.9 Å². The summed E-state index contributed by atoms with van der Waals surface area (Å²) >= 11 is 0. The van der Waals surface area contributed by atoms with Crippen molar-refractivity contribution >= 4 is 0 Å². The molecule has 0 bridgehead atoms. The van der Waals surface area contributed by atoms with Gasteiger partial charge in [0.05, 0.1) is 19.4 Å². The summed E-state index contributed by atoms with van der Waals surface area (Å²) in [6, 6.07) is 4.57. The number of hydrogen-bond acceptors (Lipinski definition) is 6. The number of aryl methyl sites for hydroxylation is 1. The molecule has 0 radical (unpaired) electrons. The van der Waals surface area contributed by atoms with Gasteiger partial charge in [-0.05, 0) is 32.0 Å². The van der Waals surface area contributed by atoms with E-state index in [2.05, 4.69) is 27.0 Å². The Bertz CT molecular complexity index is 558. The van der Waals surface area contributed by atoms with Crippen LogP contribution in [0.15, 0.2) is 27.3 Å². The Morgan fingerprint density at radius 2 is 2.18 bits per heavy atom. The van der Waals surface area contributed by atoms with E-state index in [1.165, 1.54) is 0 Å². The van der Waals surface area contributed by atoms with Crippen LogP contribution in [0.25, 0.3) is 0 Å². The van der Waals surface area contributed by atoms with Crippen LogP contribution < -0.4 is 0 Å². The van der Waals surface area contributed by atoms with Gasteiger partial charge in [0, 0.05) is 25.6 Å². The molecule has 0 N–H and O–H groups in total. The van der Waals surface area contributed by atoms with Gasteiger partial charge in [-0.15, -0.1) is 0 Å². The van der Waals surface area contributed by atoms with Gasteiger partial charge in [0.15, 0.2) is 5.82 Å². The first-order chi connectivity index (χ1) is 10.7. The molecule has 0 atom stereocenters. The molecule has 1 aliphatic rings. The lowest BCUT2D eigenvalue weighted by Crippen LogP contribution is -2.42. The van der Waals surface area contributed by atoms with Crippen molar-refractivity contribution in [1.82, 2.24) is 19.9 Å². The van der Waals surface area contributed by atoms with Crippen LogP contribution in [0.5, 0.6) is 0 Å². The Hall–Kier alpha value is -1.66. The molecule has 2 aromatic heterocycles. The molecule has 6 nitrogen and oxygen atoms in total. The molecule has 1 saturated heterocycles. The van der Waals surface area contributed by atoms with Crippen molar-refractivity contribution in [2.24, 2.45) is 0 Å². The van der Waals surface area contributed by atoms with Crippen molar-refractivity contribution in [2.45, 2.75) is 45.3 Å². The zero-order valence-electron chi connectivity index (χ0n) is 13.4. The molecule has 22 heavy (non-hydrogen) atoms. The van der Waals surface area contributed by atoms with Crippen LogP contribution in [0.2, 0.25) is 0 Å². The minimum Gasteiger partial charge on any atom is -0.468 e. The number of likely N-dealkylation sites (tertiary alicyclic amines) is 1. The van der Waals surface area contributed by atoms with Gasteiger partial charge in [-0.1, -0.05) is 12.1 Å². The second kappa shape index (κ2) is 7.07. The van der Waals surface area contributed by atoms with Gasteiger partial charge in [0.2, 0.25) is 5.89 Å². The van der Waals surface area contributed by atoms with Gasteiger partial charge in [-0.3, -0.25) is 9.80 Å². The molecule has 3 rings (SSSR count). The maximum absolute atomic E-state index is 5.42. The Balaban J connectivity index is 1.46. The third-order valence-corrected chi connectivity index (χ3v) is 4.34. The van der Waals surface area contributed by atoms with Crippen molar-refractivity contribution in [1.29, 1.82) is 0 Å². The predicted molar refractivity (Wildman–Crippen MR) is 82.2 cm³/mol. The highest BCUT2D eigenvalue weighted by molar-refractivity contribution is 4.98. The molecule has 0 aliphatic carbocycles. The van der Waals surface area contributed by atoms with Gasteiger partial charge in [0.1, 0.15) is 5.76 Å². The molecular formula is C16H24N4O2. The van der Waals surface area contributed by atoms with Crippen LogP contribution in [0.3, 0.4) is 0 Å². The minimum atomic E-state index is 0.580. The number of hydrogen-bond donors (Lipinski definition) is 0. The van der Waals surface area contributed by atoms with E-state index in [1.807, 2.05) is 19.1 Å². The van der Waals surface area contributed by atoms with E-state index in [-0.39, 0.29) is 0 Å². The normalized spacial score (nSPS) is 17.4. The lowest BCUT2D eigenvalue weighted by molar-refractivity contribution is 0.112. The lowest BCUT2D eigenvalue weighted by atomic mass is 10.0. The van der Waals surface area contributed by atoms with E-state index in [9.17, 15) is 0 Å². The Morgan fingerprint density at radius 3 is 2.82 bits per heavy atom. The average molecular weight is 304 g/mol. The molecule has 6 heteroatoms. The summed E-state index contributed by atoms with van der Waals surface area (Å²) in [6.45, 7) is 5.89. The highest BCUT2D eigenvalue weighted by atomic mass is 16.5.